The molecule has 0 spiro atoms. The molecule has 0 saturated heterocycles. The van der Waals surface area contributed by atoms with Gasteiger partial charge in [0.1, 0.15) is 0 Å². The van der Waals surface area contributed by atoms with Crippen LogP contribution in [0.4, 0.5) is 13.2 Å². The Morgan fingerprint density at radius 2 is 1.38 bits per heavy atom. The van der Waals surface area contributed by atoms with Crippen LogP contribution in [0.25, 0.3) is 17.2 Å². The van der Waals surface area contributed by atoms with Crippen LogP contribution in [-0.4, -0.2) is 5.91 Å². The number of primary amides is 1. The zero-order valence-electron chi connectivity index (χ0n) is 10.9. The van der Waals surface area contributed by atoms with E-state index in [-0.39, 0.29) is 0 Å². The minimum Gasteiger partial charge on any atom is -0.366 e. The molecule has 2 aromatic rings. The predicted octanol–water partition coefficient (Wildman–Crippen LogP) is 3.87. The molecule has 0 unspecified atom stereocenters. The number of benzene rings is 2. The summed E-state index contributed by atoms with van der Waals surface area (Å²) in [6.07, 6.45) is -1.52. The van der Waals surface area contributed by atoms with Crippen LogP contribution in [0.5, 0.6) is 0 Å². The molecule has 0 bridgehead atoms. The van der Waals surface area contributed by atoms with Gasteiger partial charge in [0.05, 0.1) is 5.56 Å². The van der Waals surface area contributed by atoms with E-state index in [2.05, 4.69) is 0 Å². The van der Waals surface area contributed by atoms with Crippen molar-refractivity contribution in [3.63, 3.8) is 0 Å². The fourth-order valence-electron chi connectivity index (χ4n) is 1.82. The van der Waals surface area contributed by atoms with Crippen LogP contribution in [0.3, 0.4) is 0 Å². The van der Waals surface area contributed by atoms with E-state index < -0.39 is 17.6 Å². The van der Waals surface area contributed by atoms with Crippen molar-refractivity contribution < 1.29 is 18.0 Å². The molecular formula is C16H12F3NO. The zero-order valence-corrected chi connectivity index (χ0v) is 10.9. The Bertz CT molecular complexity index is 655. The van der Waals surface area contributed by atoms with Crippen molar-refractivity contribution in [1.82, 2.24) is 0 Å². The summed E-state index contributed by atoms with van der Waals surface area (Å²) in [5.74, 6) is -0.540. The molecule has 0 aliphatic carbocycles. The average molecular weight is 291 g/mol. The van der Waals surface area contributed by atoms with Crippen LogP contribution in [0.1, 0.15) is 11.1 Å². The highest BCUT2D eigenvalue weighted by molar-refractivity contribution is 5.90. The highest BCUT2D eigenvalue weighted by Crippen LogP contribution is 2.31. The fourth-order valence-corrected chi connectivity index (χ4v) is 1.82. The highest BCUT2D eigenvalue weighted by atomic mass is 19.4. The Morgan fingerprint density at radius 1 is 0.905 bits per heavy atom. The monoisotopic (exact) mass is 291 g/mol. The third-order valence-electron chi connectivity index (χ3n) is 2.90. The van der Waals surface area contributed by atoms with Gasteiger partial charge in [0.2, 0.25) is 5.91 Å². The van der Waals surface area contributed by atoms with Gasteiger partial charge in [-0.3, -0.25) is 4.79 Å². The van der Waals surface area contributed by atoms with E-state index in [0.29, 0.717) is 5.56 Å². The molecule has 0 atom stereocenters. The molecule has 108 valence electrons. The van der Waals surface area contributed by atoms with Gasteiger partial charge in [-0.1, -0.05) is 36.4 Å². The largest absolute Gasteiger partial charge is 0.416 e. The lowest BCUT2D eigenvalue weighted by molar-refractivity contribution is -0.137. The summed E-state index contributed by atoms with van der Waals surface area (Å²) in [5.41, 5.74) is 6.58. The Labute approximate surface area is 119 Å². The van der Waals surface area contributed by atoms with Crippen LogP contribution in [0.15, 0.2) is 54.6 Å². The topological polar surface area (TPSA) is 43.1 Å². The average Bonchev–Trinajstić information content (AvgIpc) is 2.45. The first-order valence-electron chi connectivity index (χ1n) is 6.11. The number of carbonyl (C=O) groups excluding carboxylic acids is 1. The quantitative estimate of drug-likeness (QED) is 0.857. The van der Waals surface area contributed by atoms with E-state index >= 15 is 0 Å². The standard InChI is InChI=1S/C16H12F3NO/c17-16(18,19)14-8-6-13(7-9-14)12-4-1-11(2-5-12)3-10-15(20)21/h1-10H,(H2,20,21)/b10-3-. The number of hydrogen-bond donors (Lipinski definition) is 1. The van der Waals surface area contributed by atoms with E-state index in [9.17, 15) is 18.0 Å². The molecule has 0 fully saturated rings. The molecule has 2 rings (SSSR count). The van der Waals surface area contributed by atoms with Gasteiger partial charge in [-0.05, 0) is 34.9 Å². The van der Waals surface area contributed by atoms with Crippen LogP contribution in [-0.2, 0) is 11.0 Å². The van der Waals surface area contributed by atoms with Crippen molar-refractivity contribution in [3.05, 3.63) is 65.7 Å². The van der Waals surface area contributed by atoms with Crippen molar-refractivity contribution >= 4 is 12.0 Å². The molecule has 0 aliphatic rings. The molecule has 5 heteroatoms. The second-order valence-corrected chi connectivity index (χ2v) is 4.43. The third kappa shape index (κ3) is 3.95. The number of carbonyl (C=O) groups is 1. The van der Waals surface area contributed by atoms with E-state index in [1.54, 1.807) is 30.3 Å². The molecule has 1 amide bonds. The van der Waals surface area contributed by atoms with Crippen molar-refractivity contribution in [2.45, 2.75) is 6.18 Å². The zero-order chi connectivity index (χ0) is 15.5. The lowest BCUT2D eigenvalue weighted by Crippen LogP contribution is -2.05. The number of halogens is 3. The summed E-state index contributed by atoms with van der Waals surface area (Å²) in [4.78, 5) is 10.6. The second kappa shape index (κ2) is 5.83. The first-order valence-corrected chi connectivity index (χ1v) is 6.11. The molecular weight excluding hydrogens is 279 g/mol. The van der Waals surface area contributed by atoms with Gasteiger partial charge in [0.15, 0.2) is 0 Å². The summed E-state index contributed by atoms with van der Waals surface area (Å²) in [5, 5.41) is 0. The Balaban J connectivity index is 2.21. The molecule has 0 aromatic heterocycles. The van der Waals surface area contributed by atoms with Crippen LogP contribution < -0.4 is 5.73 Å². The number of rotatable bonds is 3. The smallest absolute Gasteiger partial charge is 0.366 e. The summed E-state index contributed by atoms with van der Waals surface area (Å²) in [6.45, 7) is 0. The summed E-state index contributed by atoms with van der Waals surface area (Å²) >= 11 is 0. The SMILES string of the molecule is NC(=O)/C=C\c1ccc(-c2ccc(C(F)(F)F)cc2)cc1. The minimum absolute atomic E-state index is 0.540. The molecule has 0 aliphatic heterocycles. The highest BCUT2D eigenvalue weighted by Gasteiger charge is 2.29. The lowest BCUT2D eigenvalue weighted by atomic mass is 10.0. The van der Waals surface area contributed by atoms with E-state index in [1.165, 1.54) is 18.2 Å². The number of hydrogen-bond acceptors (Lipinski definition) is 1. The maximum atomic E-state index is 12.5. The van der Waals surface area contributed by atoms with E-state index in [0.717, 1.165) is 23.3 Å². The van der Waals surface area contributed by atoms with Gasteiger partial charge in [-0.15, -0.1) is 0 Å². The Morgan fingerprint density at radius 3 is 1.81 bits per heavy atom. The van der Waals surface area contributed by atoms with Gasteiger partial charge in [-0.2, -0.15) is 13.2 Å². The number of amides is 1. The van der Waals surface area contributed by atoms with Gasteiger partial charge < -0.3 is 5.73 Å². The summed E-state index contributed by atoms with van der Waals surface area (Å²) in [6, 6.07) is 12.0. The lowest BCUT2D eigenvalue weighted by Gasteiger charge is -2.08. The fraction of sp³-hybridized carbons (Fsp3) is 0.0625. The molecule has 21 heavy (non-hydrogen) atoms. The number of alkyl halides is 3. The first kappa shape index (κ1) is 14.8. The minimum atomic E-state index is -4.33. The second-order valence-electron chi connectivity index (χ2n) is 4.43. The molecule has 2 N–H and O–H groups in total. The van der Waals surface area contributed by atoms with Gasteiger partial charge >= 0.3 is 6.18 Å². The molecule has 0 radical (unpaired) electrons. The normalized spacial score (nSPS) is 11.8. The maximum Gasteiger partial charge on any atom is 0.416 e. The number of nitrogens with two attached hydrogens (primary N) is 1. The predicted molar refractivity (Wildman–Crippen MR) is 75.1 cm³/mol. The van der Waals surface area contributed by atoms with Crippen molar-refractivity contribution in [2.24, 2.45) is 5.73 Å². The maximum absolute atomic E-state index is 12.5. The van der Waals surface area contributed by atoms with Gasteiger partial charge in [-0.25, -0.2) is 0 Å². The van der Waals surface area contributed by atoms with Crippen LogP contribution in [0, 0.1) is 0 Å². The first-order chi connectivity index (χ1) is 9.86. The van der Waals surface area contributed by atoms with Gasteiger partial charge in [0, 0.05) is 6.08 Å². The van der Waals surface area contributed by atoms with E-state index in [4.69, 9.17) is 5.73 Å². The molecule has 0 saturated carbocycles. The summed E-state index contributed by atoms with van der Waals surface area (Å²) in [7, 11) is 0. The van der Waals surface area contributed by atoms with Crippen molar-refractivity contribution in [3.8, 4) is 11.1 Å². The van der Waals surface area contributed by atoms with Crippen LogP contribution >= 0.6 is 0 Å². The third-order valence-corrected chi connectivity index (χ3v) is 2.90. The van der Waals surface area contributed by atoms with Gasteiger partial charge in [0.25, 0.3) is 0 Å². The van der Waals surface area contributed by atoms with Crippen LogP contribution in [0.2, 0.25) is 0 Å². The van der Waals surface area contributed by atoms with Crippen molar-refractivity contribution in [2.75, 3.05) is 0 Å². The molecule has 2 nitrogen and oxygen atoms in total. The Hall–Kier alpha value is -2.56. The Kier molecular flexibility index (Phi) is 4.12. The van der Waals surface area contributed by atoms with Crippen molar-refractivity contribution in [1.29, 1.82) is 0 Å². The molecule has 0 heterocycles. The van der Waals surface area contributed by atoms with E-state index in [1.807, 2.05) is 0 Å². The summed E-state index contributed by atoms with van der Waals surface area (Å²) < 4.78 is 37.4. The molecule has 2 aromatic carbocycles.